The van der Waals surface area contributed by atoms with Gasteiger partial charge in [-0.3, -0.25) is 4.79 Å². The number of hydrogen-bond acceptors (Lipinski definition) is 3. The molecule has 0 fully saturated rings. The molecule has 0 aliphatic heterocycles. The average molecular weight is 373 g/mol. The Bertz CT molecular complexity index is 1020. The first kappa shape index (κ1) is 18.0. The molecule has 3 rings (SSSR count). The van der Waals surface area contributed by atoms with Crippen LogP contribution >= 0.6 is 11.3 Å². The summed E-state index contributed by atoms with van der Waals surface area (Å²) in [5, 5.41) is 4.40. The van der Waals surface area contributed by atoms with Crippen LogP contribution in [0.15, 0.2) is 52.8 Å². The van der Waals surface area contributed by atoms with E-state index in [2.05, 4.69) is 10.3 Å². The third-order valence-electron chi connectivity index (χ3n) is 3.79. The number of amides is 1. The van der Waals surface area contributed by atoms with Gasteiger partial charge < -0.3 is 9.88 Å². The third-order valence-corrected chi connectivity index (χ3v) is 4.75. The number of carbonyl (C=O) groups excluding carboxylic acids is 1. The van der Waals surface area contributed by atoms with Crippen LogP contribution in [0, 0.1) is 18.6 Å². The minimum absolute atomic E-state index is 0.0824. The lowest BCUT2D eigenvalue weighted by Gasteiger charge is -2.08. The number of rotatable bonds is 4. The van der Waals surface area contributed by atoms with Gasteiger partial charge >= 0.3 is 0 Å². The highest BCUT2D eigenvalue weighted by Crippen LogP contribution is 2.16. The second-order valence-corrected chi connectivity index (χ2v) is 6.71. The van der Waals surface area contributed by atoms with E-state index in [1.807, 2.05) is 12.3 Å². The molecule has 0 spiro atoms. The third kappa shape index (κ3) is 4.23. The highest BCUT2D eigenvalue weighted by atomic mass is 32.1. The molecule has 0 unspecified atom stereocenters. The molecule has 0 radical (unpaired) electrons. The molecule has 1 amide bonds. The number of nitrogens with one attached hydrogen (secondary N) is 1. The molecule has 134 valence electrons. The summed E-state index contributed by atoms with van der Waals surface area (Å²) >= 11 is 1.35. The first-order chi connectivity index (χ1) is 12.4. The van der Waals surface area contributed by atoms with E-state index in [0.717, 1.165) is 11.3 Å². The molecule has 7 heteroatoms. The molecule has 0 aliphatic carbocycles. The zero-order valence-electron chi connectivity index (χ0n) is 14.3. The maximum atomic E-state index is 13.8. The highest BCUT2D eigenvalue weighted by Gasteiger charge is 2.11. The van der Waals surface area contributed by atoms with Crippen LogP contribution in [0.1, 0.15) is 11.3 Å². The summed E-state index contributed by atoms with van der Waals surface area (Å²) in [7, 11) is 1.78. The number of benzene rings is 2. The van der Waals surface area contributed by atoms with Crippen molar-refractivity contribution in [3.63, 3.8) is 0 Å². The van der Waals surface area contributed by atoms with Crippen LogP contribution in [-0.4, -0.2) is 10.5 Å². The summed E-state index contributed by atoms with van der Waals surface area (Å²) < 4.78 is 28.8. The molecular formula is C19H17F2N3OS. The lowest BCUT2D eigenvalue weighted by atomic mass is 10.2. The van der Waals surface area contributed by atoms with Crippen molar-refractivity contribution in [2.24, 2.45) is 12.0 Å². The Morgan fingerprint density at radius 2 is 2.04 bits per heavy atom. The summed E-state index contributed by atoms with van der Waals surface area (Å²) in [5.41, 5.74) is 2.26. The van der Waals surface area contributed by atoms with Gasteiger partial charge in [-0.05, 0) is 42.8 Å². The maximum absolute atomic E-state index is 13.8. The minimum atomic E-state index is -0.472. The summed E-state index contributed by atoms with van der Waals surface area (Å²) in [5.74, 6) is -1.15. The number of aromatic nitrogens is 1. The lowest BCUT2D eigenvalue weighted by molar-refractivity contribution is -0.115. The fraction of sp³-hybridized carbons (Fsp3) is 0.158. The van der Waals surface area contributed by atoms with Gasteiger partial charge in [-0.1, -0.05) is 12.1 Å². The zero-order chi connectivity index (χ0) is 18.7. The fourth-order valence-electron chi connectivity index (χ4n) is 2.41. The van der Waals surface area contributed by atoms with Crippen LogP contribution in [0.5, 0.6) is 0 Å². The molecule has 3 aromatic rings. The Labute approximate surface area is 153 Å². The zero-order valence-corrected chi connectivity index (χ0v) is 15.1. The number of aryl methyl sites for hydroxylation is 1. The Balaban J connectivity index is 1.78. The van der Waals surface area contributed by atoms with E-state index in [1.165, 1.54) is 29.5 Å². The number of nitrogens with zero attached hydrogens (tertiary/aromatic N) is 2. The number of thiazole rings is 1. The van der Waals surface area contributed by atoms with Crippen molar-refractivity contribution in [2.45, 2.75) is 13.3 Å². The van der Waals surface area contributed by atoms with E-state index in [1.54, 1.807) is 35.9 Å². The van der Waals surface area contributed by atoms with E-state index in [4.69, 9.17) is 0 Å². The maximum Gasteiger partial charge on any atom is 0.230 e. The number of hydrogen-bond donors (Lipinski definition) is 1. The first-order valence-corrected chi connectivity index (χ1v) is 8.80. The van der Waals surface area contributed by atoms with Crippen molar-refractivity contribution < 1.29 is 13.6 Å². The quantitative estimate of drug-likeness (QED) is 0.736. The van der Waals surface area contributed by atoms with Crippen LogP contribution in [0.25, 0.3) is 0 Å². The predicted octanol–water partition coefficient (Wildman–Crippen LogP) is 4.09. The van der Waals surface area contributed by atoms with E-state index >= 15 is 0 Å². The molecule has 0 saturated carbocycles. The van der Waals surface area contributed by atoms with Gasteiger partial charge in [0.2, 0.25) is 5.91 Å². The largest absolute Gasteiger partial charge is 0.323 e. The molecule has 2 aromatic carbocycles. The Morgan fingerprint density at radius 1 is 1.23 bits per heavy atom. The smallest absolute Gasteiger partial charge is 0.230 e. The van der Waals surface area contributed by atoms with Gasteiger partial charge in [0.1, 0.15) is 11.6 Å². The van der Waals surface area contributed by atoms with Crippen LogP contribution in [0.2, 0.25) is 0 Å². The molecule has 1 aromatic heterocycles. The van der Waals surface area contributed by atoms with Crippen molar-refractivity contribution >= 4 is 28.6 Å². The van der Waals surface area contributed by atoms with E-state index in [9.17, 15) is 13.6 Å². The van der Waals surface area contributed by atoms with Gasteiger partial charge in [0, 0.05) is 18.1 Å². The monoisotopic (exact) mass is 373 g/mol. The second kappa shape index (κ2) is 7.61. The van der Waals surface area contributed by atoms with Crippen molar-refractivity contribution in [2.75, 3.05) is 5.32 Å². The number of carbonyl (C=O) groups is 1. The Hall–Kier alpha value is -2.80. The normalized spacial score (nSPS) is 11.6. The van der Waals surface area contributed by atoms with E-state index in [0.29, 0.717) is 10.5 Å². The van der Waals surface area contributed by atoms with Crippen molar-refractivity contribution in [3.8, 4) is 0 Å². The molecule has 0 saturated heterocycles. The first-order valence-electron chi connectivity index (χ1n) is 7.92. The number of halogens is 2. The lowest BCUT2D eigenvalue weighted by Crippen LogP contribution is -2.20. The van der Waals surface area contributed by atoms with Crippen molar-refractivity contribution in [1.29, 1.82) is 0 Å². The summed E-state index contributed by atoms with van der Waals surface area (Å²) in [4.78, 5) is 17.3. The van der Waals surface area contributed by atoms with Crippen LogP contribution in [0.4, 0.5) is 20.2 Å². The summed E-state index contributed by atoms with van der Waals surface area (Å²) in [6, 6.07) is 10.5. The topological polar surface area (TPSA) is 46.4 Å². The predicted molar refractivity (Wildman–Crippen MR) is 98.4 cm³/mol. The summed E-state index contributed by atoms with van der Waals surface area (Å²) in [6.45, 7) is 1.83. The van der Waals surface area contributed by atoms with Gasteiger partial charge in [-0.25, -0.2) is 13.8 Å². The molecule has 1 N–H and O–H groups in total. The molecule has 0 atom stereocenters. The second-order valence-electron chi connectivity index (χ2n) is 5.87. The van der Waals surface area contributed by atoms with Gasteiger partial charge in [0.15, 0.2) is 4.80 Å². The fourth-order valence-corrected chi connectivity index (χ4v) is 3.33. The van der Waals surface area contributed by atoms with Gasteiger partial charge in [0.05, 0.1) is 17.8 Å². The van der Waals surface area contributed by atoms with Crippen molar-refractivity contribution in [3.05, 3.63) is 75.5 Å². The van der Waals surface area contributed by atoms with Gasteiger partial charge in [-0.2, -0.15) is 0 Å². The summed E-state index contributed by atoms with van der Waals surface area (Å²) in [6.07, 6.45) is 0.0824. The SMILES string of the molecule is Cc1ccc(F)c(NC(=O)Cc2csc(=Nc3cccc(F)c3)n2C)c1. The number of anilines is 1. The molecule has 4 nitrogen and oxygen atoms in total. The van der Waals surface area contributed by atoms with Crippen LogP contribution in [-0.2, 0) is 18.3 Å². The molecule has 1 heterocycles. The van der Waals surface area contributed by atoms with Crippen LogP contribution in [0.3, 0.4) is 0 Å². The van der Waals surface area contributed by atoms with Gasteiger partial charge in [0.25, 0.3) is 0 Å². The van der Waals surface area contributed by atoms with E-state index in [-0.39, 0.29) is 23.8 Å². The standard InChI is InChI=1S/C19H17F2N3OS/c1-12-6-7-16(21)17(8-12)23-18(25)10-15-11-26-19(24(15)2)22-14-5-3-4-13(20)9-14/h3-9,11H,10H2,1-2H3,(H,23,25). The molecule has 0 bridgehead atoms. The molecular weight excluding hydrogens is 356 g/mol. The Morgan fingerprint density at radius 3 is 2.81 bits per heavy atom. The average Bonchev–Trinajstić information content (AvgIpc) is 2.91. The van der Waals surface area contributed by atoms with E-state index < -0.39 is 5.82 Å². The van der Waals surface area contributed by atoms with Crippen LogP contribution < -0.4 is 10.1 Å². The molecule has 26 heavy (non-hydrogen) atoms. The minimum Gasteiger partial charge on any atom is -0.323 e. The Kier molecular flexibility index (Phi) is 5.27. The van der Waals surface area contributed by atoms with Crippen molar-refractivity contribution in [1.82, 2.24) is 4.57 Å². The molecule has 0 aliphatic rings. The van der Waals surface area contributed by atoms with Gasteiger partial charge in [-0.15, -0.1) is 11.3 Å². The highest BCUT2D eigenvalue weighted by molar-refractivity contribution is 7.07.